The first-order chi connectivity index (χ1) is 4.33. The first kappa shape index (κ1) is 6.62. The quantitative estimate of drug-likeness (QED) is 0.553. The van der Waals surface area contributed by atoms with E-state index in [9.17, 15) is 0 Å². The Bertz CT molecular complexity index is 181. The van der Waals surface area contributed by atoms with E-state index in [4.69, 9.17) is 0 Å². The molecule has 0 N–H and O–H groups in total. The third-order valence-corrected chi connectivity index (χ3v) is 1.83. The van der Waals surface area contributed by atoms with Crippen LogP contribution in [0.25, 0.3) is 0 Å². The lowest BCUT2D eigenvalue weighted by Gasteiger charge is -1.93. The van der Waals surface area contributed by atoms with Crippen molar-refractivity contribution in [3.05, 3.63) is 24.0 Å². The van der Waals surface area contributed by atoms with Crippen molar-refractivity contribution in [1.82, 2.24) is 4.98 Å². The van der Waals surface area contributed by atoms with Crippen molar-refractivity contribution < 1.29 is 0 Å². The second kappa shape index (κ2) is 2.87. The molecule has 0 saturated heterocycles. The Morgan fingerprint density at radius 1 is 1.44 bits per heavy atom. The van der Waals surface area contributed by atoms with Crippen LogP contribution in [0.4, 0.5) is 0 Å². The summed E-state index contributed by atoms with van der Waals surface area (Å²) in [4.78, 5) is 5.35. The maximum atomic E-state index is 4.13. The average Bonchev–Trinajstić information content (AvgIpc) is 1.90. The SMILES string of the molecule is CSc1ccc(C)nc1. The van der Waals surface area contributed by atoms with Crippen molar-refractivity contribution in [1.29, 1.82) is 0 Å². The Hall–Kier alpha value is -0.500. The summed E-state index contributed by atoms with van der Waals surface area (Å²) in [6, 6.07) is 4.10. The van der Waals surface area contributed by atoms with Gasteiger partial charge >= 0.3 is 0 Å². The second-order valence-electron chi connectivity index (χ2n) is 1.84. The monoisotopic (exact) mass is 139 g/mol. The van der Waals surface area contributed by atoms with Crippen LogP contribution in [0.2, 0.25) is 0 Å². The fraction of sp³-hybridized carbons (Fsp3) is 0.286. The normalized spacial score (nSPS) is 9.56. The van der Waals surface area contributed by atoms with E-state index in [2.05, 4.69) is 11.1 Å². The molecule has 1 heterocycles. The summed E-state index contributed by atoms with van der Waals surface area (Å²) in [6.07, 6.45) is 3.94. The van der Waals surface area contributed by atoms with Gasteiger partial charge < -0.3 is 0 Å². The molecule has 0 aliphatic carbocycles. The zero-order valence-corrected chi connectivity index (χ0v) is 6.40. The molecule has 2 heteroatoms. The van der Waals surface area contributed by atoms with E-state index < -0.39 is 0 Å². The van der Waals surface area contributed by atoms with Crippen LogP contribution in [-0.2, 0) is 0 Å². The van der Waals surface area contributed by atoms with Gasteiger partial charge in [0.05, 0.1) is 0 Å². The molecule has 9 heavy (non-hydrogen) atoms. The van der Waals surface area contributed by atoms with Crippen molar-refractivity contribution >= 4 is 11.8 Å². The van der Waals surface area contributed by atoms with Crippen LogP contribution in [-0.4, -0.2) is 11.2 Å². The van der Waals surface area contributed by atoms with Crippen molar-refractivity contribution in [3.63, 3.8) is 0 Å². The minimum atomic E-state index is 1.08. The van der Waals surface area contributed by atoms with Crippen LogP contribution in [0.1, 0.15) is 5.69 Å². The van der Waals surface area contributed by atoms with Crippen molar-refractivity contribution in [3.8, 4) is 0 Å². The molecule has 0 fully saturated rings. The topological polar surface area (TPSA) is 12.9 Å². The summed E-state index contributed by atoms with van der Waals surface area (Å²) >= 11 is 1.72. The highest BCUT2D eigenvalue weighted by molar-refractivity contribution is 7.98. The van der Waals surface area contributed by atoms with Crippen LogP contribution in [0.5, 0.6) is 0 Å². The Balaban J connectivity index is 2.88. The summed E-state index contributed by atoms with van der Waals surface area (Å²) in [5.41, 5.74) is 1.08. The molecular formula is C7H9NS. The Kier molecular flexibility index (Phi) is 2.11. The van der Waals surface area contributed by atoms with Crippen LogP contribution >= 0.6 is 11.8 Å². The summed E-state index contributed by atoms with van der Waals surface area (Å²) in [5, 5.41) is 0. The summed E-state index contributed by atoms with van der Waals surface area (Å²) in [5.74, 6) is 0. The van der Waals surface area contributed by atoms with E-state index in [1.54, 1.807) is 11.8 Å². The molecule has 1 aromatic heterocycles. The van der Waals surface area contributed by atoms with E-state index in [1.807, 2.05) is 25.4 Å². The molecule has 0 atom stereocenters. The number of pyridine rings is 1. The molecule has 0 bridgehead atoms. The van der Waals surface area contributed by atoms with Gasteiger partial charge in [0.2, 0.25) is 0 Å². The predicted molar refractivity (Wildman–Crippen MR) is 40.8 cm³/mol. The lowest BCUT2D eigenvalue weighted by molar-refractivity contribution is 1.15. The van der Waals surface area contributed by atoms with Gasteiger partial charge in [-0.25, -0.2) is 0 Å². The number of hydrogen-bond acceptors (Lipinski definition) is 2. The van der Waals surface area contributed by atoms with Gasteiger partial charge in [-0.05, 0) is 25.3 Å². The standard InChI is InChI=1S/C7H9NS/c1-6-3-4-7(9-2)5-8-6/h3-5H,1-2H3. The minimum Gasteiger partial charge on any atom is -0.260 e. The van der Waals surface area contributed by atoms with Crippen LogP contribution < -0.4 is 0 Å². The van der Waals surface area contributed by atoms with E-state index >= 15 is 0 Å². The first-order valence-corrected chi connectivity index (χ1v) is 4.02. The predicted octanol–water partition coefficient (Wildman–Crippen LogP) is 2.11. The Morgan fingerprint density at radius 2 is 2.22 bits per heavy atom. The van der Waals surface area contributed by atoms with E-state index in [0.29, 0.717) is 0 Å². The number of thioether (sulfide) groups is 1. The molecule has 0 saturated carbocycles. The Morgan fingerprint density at radius 3 is 2.67 bits per heavy atom. The van der Waals surface area contributed by atoms with Crippen LogP contribution in [0.15, 0.2) is 23.2 Å². The van der Waals surface area contributed by atoms with Crippen LogP contribution in [0, 0.1) is 6.92 Å². The molecule has 0 aromatic carbocycles. The number of hydrogen-bond donors (Lipinski definition) is 0. The molecular weight excluding hydrogens is 130 g/mol. The molecule has 0 radical (unpaired) electrons. The highest BCUT2D eigenvalue weighted by Crippen LogP contribution is 2.11. The number of aromatic nitrogens is 1. The van der Waals surface area contributed by atoms with Crippen LogP contribution in [0.3, 0.4) is 0 Å². The van der Waals surface area contributed by atoms with Gasteiger partial charge in [0, 0.05) is 16.8 Å². The Labute approximate surface area is 59.5 Å². The molecule has 0 unspecified atom stereocenters. The van der Waals surface area contributed by atoms with Crippen molar-refractivity contribution in [2.75, 3.05) is 6.26 Å². The zero-order chi connectivity index (χ0) is 6.69. The lowest BCUT2D eigenvalue weighted by atomic mass is 10.4. The number of nitrogens with zero attached hydrogens (tertiary/aromatic N) is 1. The van der Waals surface area contributed by atoms with E-state index in [-0.39, 0.29) is 0 Å². The van der Waals surface area contributed by atoms with Gasteiger partial charge in [0.15, 0.2) is 0 Å². The third-order valence-electron chi connectivity index (χ3n) is 1.12. The third kappa shape index (κ3) is 1.72. The molecule has 0 amide bonds. The molecule has 48 valence electrons. The highest BCUT2D eigenvalue weighted by Gasteiger charge is 1.86. The second-order valence-corrected chi connectivity index (χ2v) is 2.72. The zero-order valence-electron chi connectivity index (χ0n) is 5.59. The molecule has 0 aliphatic heterocycles. The maximum absolute atomic E-state index is 4.13. The fourth-order valence-electron chi connectivity index (χ4n) is 0.575. The van der Waals surface area contributed by atoms with Gasteiger partial charge in [0.1, 0.15) is 0 Å². The maximum Gasteiger partial charge on any atom is 0.0406 e. The number of aryl methyl sites for hydroxylation is 1. The van der Waals surface area contributed by atoms with Gasteiger partial charge in [-0.2, -0.15) is 0 Å². The minimum absolute atomic E-state index is 1.08. The average molecular weight is 139 g/mol. The summed E-state index contributed by atoms with van der Waals surface area (Å²) in [7, 11) is 0. The molecule has 1 nitrogen and oxygen atoms in total. The molecule has 1 rings (SSSR count). The summed E-state index contributed by atoms with van der Waals surface area (Å²) < 4.78 is 0. The van der Waals surface area contributed by atoms with E-state index in [1.165, 1.54) is 4.90 Å². The summed E-state index contributed by atoms with van der Waals surface area (Å²) in [6.45, 7) is 1.99. The molecule has 0 spiro atoms. The first-order valence-electron chi connectivity index (χ1n) is 2.79. The van der Waals surface area contributed by atoms with Gasteiger partial charge in [0.25, 0.3) is 0 Å². The largest absolute Gasteiger partial charge is 0.260 e. The van der Waals surface area contributed by atoms with Crippen molar-refractivity contribution in [2.24, 2.45) is 0 Å². The lowest BCUT2D eigenvalue weighted by Crippen LogP contribution is -1.77. The molecule has 1 aromatic rings. The van der Waals surface area contributed by atoms with Crippen molar-refractivity contribution in [2.45, 2.75) is 11.8 Å². The van der Waals surface area contributed by atoms with Gasteiger partial charge in [-0.1, -0.05) is 0 Å². The van der Waals surface area contributed by atoms with Gasteiger partial charge in [-0.3, -0.25) is 4.98 Å². The molecule has 0 aliphatic rings. The smallest absolute Gasteiger partial charge is 0.0406 e. The highest BCUT2D eigenvalue weighted by atomic mass is 32.2. The number of rotatable bonds is 1. The van der Waals surface area contributed by atoms with E-state index in [0.717, 1.165) is 5.69 Å². The fourth-order valence-corrected chi connectivity index (χ4v) is 0.937. The van der Waals surface area contributed by atoms with Gasteiger partial charge in [-0.15, -0.1) is 11.8 Å².